The molecule has 1 heterocycles. The minimum absolute atomic E-state index is 0.302. The molecule has 0 radical (unpaired) electrons. The van der Waals surface area contributed by atoms with E-state index in [-0.39, 0.29) is 5.82 Å². The predicted octanol–water partition coefficient (Wildman–Crippen LogP) is 4.57. The summed E-state index contributed by atoms with van der Waals surface area (Å²) in [4.78, 5) is 0. The first kappa shape index (κ1) is 12.6. The smallest absolute Gasteiger partial charge is 0.125 e. The standard InChI is InChI=1S/C16H15ClFN/c17-14-8-13(9-15(18)10-14)11-3-5-12(6-4-11)16-2-1-7-19-16/h3-6,8-10,16,19H,1-2,7H2. The molecule has 0 amide bonds. The van der Waals surface area contributed by atoms with Gasteiger partial charge in [-0.1, -0.05) is 35.9 Å². The van der Waals surface area contributed by atoms with Crippen LogP contribution < -0.4 is 5.32 Å². The molecule has 1 saturated heterocycles. The van der Waals surface area contributed by atoms with Gasteiger partial charge in [0.05, 0.1) is 0 Å². The lowest BCUT2D eigenvalue weighted by atomic mass is 10.00. The number of rotatable bonds is 2. The Morgan fingerprint density at radius 1 is 1.05 bits per heavy atom. The van der Waals surface area contributed by atoms with E-state index in [2.05, 4.69) is 17.4 Å². The molecule has 19 heavy (non-hydrogen) atoms. The molecule has 1 aliphatic rings. The molecule has 1 aliphatic heterocycles. The fourth-order valence-electron chi connectivity index (χ4n) is 2.60. The molecular formula is C16H15ClFN. The molecule has 0 saturated carbocycles. The van der Waals surface area contributed by atoms with Crippen molar-refractivity contribution in [2.75, 3.05) is 6.54 Å². The van der Waals surface area contributed by atoms with Gasteiger partial charge in [-0.3, -0.25) is 0 Å². The number of halogens is 2. The molecule has 1 nitrogen and oxygen atoms in total. The molecule has 3 rings (SSSR count). The summed E-state index contributed by atoms with van der Waals surface area (Å²) in [7, 11) is 0. The summed E-state index contributed by atoms with van der Waals surface area (Å²) in [6.07, 6.45) is 2.41. The Morgan fingerprint density at radius 3 is 2.47 bits per heavy atom. The summed E-state index contributed by atoms with van der Waals surface area (Å²) < 4.78 is 13.3. The lowest BCUT2D eigenvalue weighted by Gasteiger charge is -2.11. The van der Waals surface area contributed by atoms with Gasteiger partial charge in [-0.05, 0) is 54.3 Å². The fourth-order valence-corrected chi connectivity index (χ4v) is 2.82. The Labute approximate surface area is 117 Å². The van der Waals surface area contributed by atoms with E-state index in [0.717, 1.165) is 17.7 Å². The summed E-state index contributed by atoms with van der Waals surface area (Å²) in [6, 6.07) is 13.4. The molecule has 0 aliphatic carbocycles. The van der Waals surface area contributed by atoms with E-state index in [4.69, 9.17) is 11.6 Å². The van der Waals surface area contributed by atoms with Gasteiger partial charge in [0, 0.05) is 11.1 Å². The van der Waals surface area contributed by atoms with E-state index in [1.807, 2.05) is 12.1 Å². The number of nitrogens with one attached hydrogen (secondary N) is 1. The van der Waals surface area contributed by atoms with Gasteiger partial charge in [0.15, 0.2) is 0 Å². The van der Waals surface area contributed by atoms with Crippen molar-refractivity contribution in [1.82, 2.24) is 5.32 Å². The van der Waals surface area contributed by atoms with Crippen molar-refractivity contribution in [1.29, 1.82) is 0 Å². The minimum atomic E-state index is -0.302. The Morgan fingerprint density at radius 2 is 1.84 bits per heavy atom. The van der Waals surface area contributed by atoms with Gasteiger partial charge >= 0.3 is 0 Å². The molecule has 1 unspecified atom stereocenters. The van der Waals surface area contributed by atoms with Crippen LogP contribution >= 0.6 is 11.6 Å². The van der Waals surface area contributed by atoms with E-state index < -0.39 is 0 Å². The highest BCUT2D eigenvalue weighted by atomic mass is 35.5. The van der Waals surface area contributed by atoms with Gasteiger partial charge in [0.1, 0.15) is 5.82 Å². The second kappa shape index (κ2) is 5.32. The fraction of sp³-hybridized carbons (Fsp3) is 0.250. The quantitative estimate of drug-likeness (QED) is 0.846. The Balaban J connectivity index is 1.89. The maximum Gasteiger partial charge on any atom is 0.125 e. The topological polar surface area (TPSA) is 12.0 Å². The highest BCUT2D eigenvalue weighted by Crippen LogP contribution is 2.28. The van der Waals surface area contributed by atoms with Crippen molar-refractivity contribution >= 4 is 11.6 Å². The number of hydrogen-bond donors (Lipinski definition) is 1. The molecule has 1 atom stereocenters. The first-order valence-electron chi connectivity index (χ1n) is 6.52. The highest BCUT2D eigenvalue weighted by molar-refractivity contribution is 6.30. The molecule has 2 aromatic rings. The Bertz CT molecular complexity index is 554. The van der Waals surface area contributed by atoms with Crippen LogP contribution in [0.3, 0.4) is 0 Å². The van der Waals surface area contributed by atoms with Crippen LogP contribution in [0.5, 0.6) is 0 Å². The Kier molecular flexibility index (Phi) is 3.54. The van der Waals surface area contributed by atoms with Crippen LogP contribution in [-0.2, 0) is 0 Å². The molecule has 2 aromatic carbocycles. The first-order chi connectivity index (χ1) is 9.22. The van der Waals surface area contributed by atoms with E-state index in [0.29, 0.717) is 11.1 Å². The third-order valence-corrected chi connectivity index (χ3v) is 3.79. The predicted molar refractivity (Wildman–Crippen MR) is 76.8 cm³/mol. The monoisotopic (exact) mass is 275 g/mol. The van der Waals surface area contributed by atoms with Crippen molar-refractivity contribution in [3.63, 3.8) is 0 Å². The van der Waals surface area contributed by atoms with Crippen molar-refractivity contribution in [2.24, 2.45) is 0 Å². The molecule has 0 aromatic heterocycles. The summed E-state index contributed by atoms with van der Waals surface area (Å²) in [5.74, 6) is -0.302. The summed E-state index contributed by atoms with van der Waals surface area (Å²) >= 11 is 5.88. The van der Waals surface area contributed by atoms with Gasteiger partial charge in [-0.15, -0.1) is 0 Å². The molecule has 0 spiro atoms. The minimum Gasteiger partial charge on any atom is -0.310 e. The maximum atomic E-state index is 13.3. The molecular weight excluding hydrogens is 261 g/mol. The van der Waals surface area contributed by atoms with Gasteiger partial charge in [-0.2, -0.15) is 0 Å². The summed E-state index contributed by atoms with van der Waals surface area (Å²) in [5, 5.41) is 3.90. The molecule has 1 N–H and O–H groups in total. The second-order valence-corrected chi connectivity index (χ2v) is 5.37. The summed E-state index contributed by atoms with van der Waals surface area (Å²) in [5.41, 5.74) is 3.10. The van der Waals surface area contributed by atoms with Crippen LogP contribution in [-0.4, -0.2) is 6.54 Å². The lowest BCUT2D eigenvalue weighted by molar-refractivity contribution is 0.628. The zero-order chi connectivity index (χ0) is 13.2. The van der Waals surface area contributed by atoms with Crippen molar-refractivity contribution in [3.05, 3.63) is 58.9 Å². The second-order valence-electron chi connectivity index (χ2n) is 4.93. The molecule has 3 heteroatoms. The molecule has 1 fully saturated rings. The third-order valence-electron chi connectivity index (χ3n) is 3.57. The maximum absolute atomic E-state index is 13.3. The normalized spacial score (nSPS) is 18.7. The first-order valence-corrected chi connectivity index (χ1v) is 6.90. The Hall–Kier alpha value is -1.38. The zero-order valence-electron chi connectivity index (χ0n) is 10.5. The van der Waals surface area contributed by atoms with Crippen LogP contribution in [0.4, 0.5) is 4.39 Å². The average Bonchev–Trinajstić information content (AvgIpc) is 2.91. The van der Waals surface area contributed by atoms with Gasteiger partial charge in [-0.25, -0.2) is 4.39 Å². The van der Waals surface area contributed by atoms with Crippen LogP contribution in [0, 0.1) is 5.82 Å². The van der Waals surface area contributed by atoms with E-state index >= 15 is 0 Å². The largest absolute Gasteiger partial charge is 0.310 e. The number of benzene rings is 2. The highest BCUT2D eigenvalue weighted by Gasteiger charge is 2.15. The average molecular weight is 276 g/mol. The number of hydrogen-bond acceptors (Lipinski definition) is 1. The lowest BCUT2D eigenvalue weighted by Crippen LogP contribution is -2.12. The van der Waals surface area contributed by atoms with E-state index in [1.54, 1.807) is 6.07 Å². The summed E-state index contributed by atoms with van der Waals surface area (Å²) in [6.45, 7) is 1.09. The van der Waals surface area contributed by atoms with Crippen LogP contribution in [0.2, 0.25) is 5.02 Å². The van der Waals surface area contributed by atoms with Crippen molar-refractivity contribution in [3.8, 4) is 11.1 Å². The van der Waals surface area contributed by atoms with Gasteiger partial charge in [0.25, 0.3) is 0 Å². The molecule has 98 valence electrons. The van der Waals surface area contributed by atoms with Crippen LogP contribution in [0.15, 0.2) is 42.5 Å². The molecule has 0 bridgehead atoms. The van der Waals surface area contributed by atoms with Crippen LogP contribution in [0.1, 0.15) is 24.4 Å². The zero-order valence-corrected chi connectivity index (χ0v) is 11.3. The van der Waals surface area contributed by atoms with E-state index in [1.165, 1.54) is 30.5 Å². The van der Waals surface area contributed by atoms with Gasteiger partial charge < -0.3 is 5.32 Å². The van der Waals surface area contributed by atoms with Crippen LogP contribution in [0.25, 0.3) is 11.1 Å². The van der Waals surface area contributed by atoms with Gasteiger partial charge in [0.2, 0.25) is 0 Å². The SMILES string of the molecule is Fc1cc(Cl)cc(-c2ccc(C3CCCN3)cc2)c1. The van der Waals surface area contributed by atoms with Crippen molar-refractivity contribution in [2.45, 2.75) is 18.9 Å². The third kappa shape index (κ3) is 2.80. The van der Waals surface area contributed by atoms with E-state index in [9.17, 15) is 4.39 Å². The van der Waals surface area contributed by atoms with Crippen molar-refractivity contribution < 1.29 is 4.39 Å².